The smallest absolute Gasteiger partial charge is 0.135 e. The van der Waals surface area contributed by atoms with Gasteiger partial charge < -0.3 is 18.4 Å². The molecule has 6 fully saturated rings. The number of piperidine rings is 6. The zero-order valence-electron chi connectivity index (χ0n) is 38.4. The van der Waals surface area contributed by atoms with Crippen LogP contribution in [-0.2, 0) is 22.6 Å². The highest BCUT2D eigenvalue weighted by Crippen LogP contribution is 2.53. The molecule has 0 N–H and O–H groups in total. The number of fused-ring (bicyclic) bond motifs is 10. The normalized spacial score (nSPS) is 27.8. The first kappa shape index (κ1) is 42.8. The highest BCUT2D eigenvalue weighted by molar-refractivity contribution is 6.05. The van der Waals surface area contributed by atoms with Gasteiger partial charge in [-0.05, 0) is 68.8 Å². The van der Waals surface area contributed by atoms with Gasteiger partial charge in [-0.25, -0.2) is 0 Å². The molecule has 0 radical (unpaired) electrons. The van der Waals surface area contributed by atoms with Crippen molar-refractivity contribution >= 4 is 43.4 Å². The summed E-state index contributed by atoms with van der Waals surface area (Å²) in [5.41, 5.74) is 7.40. The third-order valence-corrected chi connectivity index (χ3v) is 16.9. The van der Waals surface area contributed by atoms with Gasteiger partial charge in [-0.1, -0.05) is 109 Å². The lowest BCUT2D eigenvalue weighted by molar-refractivity contribution is -0.985. The van der Waals surface area contributed by atoms with Crippen LogP contribution in [0.15, 0.2) is 172 Å². The summed E-state index contributed by atoms with van der Waals surface area (Å²) >= 11 is 0. The van der Waals surface area contributed by atoms with Gasteiger partial charge in [0.1, 0.15) is 37.4 Å². The molecule has 6 heteroatoms. The molecule has 5 aromatic carbocycles. The number of nitrogens with zero attached hydrogens (tertiary/aromatic N) is 4. The highest BCUT2D eigenvalue weighted by Gasteiger charge is 2.57. The van der Waals surface area contributed by atoms with Gasteiger partial charge in [0, 0.05) is 71.8 Å². The molecule has 2 aromatic heterocycles. The monoisotopic (exact) mass is 873 g/mol. The van der Waals surface area contributed by atoms with Gasteiger partial charge in [0.15, 0.2) is 0 Å². The standard InChI is InChI=1S/C60H64N4O2/c1-5-33-65-59(51-25-29-61-55-23-15-13-21-49(51)55)57-35-43-27-31-63(57,37-41(43)7-3)39-53-45-17-9-11-19-47(45)54(48-20-12-10-18-46(48)53)40-64-32-28-44(42(8-4)38-64)36-58(64)60(66-34-6-2)52-26-30-62-56-24-16-14-22-50(52)56/h5-26,29-30,41-44,57-60H,1-4,27-28,31-40H2/q+2/t41-,42-,43-,44-,57+,58+,59-,60-,63-,64-/m0/s1. The van der Waals surface area contributed by atoms with Crippen LogP contribution < -0.4 is 0 Å². The number of aromatic nitrogens is 2. The fraction of sp³-hybridized carbons (Fsp3) is 0.333. The molecule has 66 heavy (non-hydrogen) atoms. The average molecular weight is 873 g/mol. The number of quaternary nitrogens is 2. The first-order valence-electron chi connectivity index (χ1n) is 24.5. The summed E-state index contributed by atoms with van der Waals surface area (Å²) in [5.74, 6) is 2.10. The van der Waals surface area contributed by atoms with E-state index in [0.29, 0.717) is 36.9 Å². The predicted octanol–water partition coefficient (Wildman–Crippen LogP) is 12.8. The second-order valence-electron chi connectivity index (χ2n) is 20.0. The zero-order chi connectivity index (χ0) is 44.8. The largest absolute Gasteiger partial charge is 0.363 e. The third kappa shape index (κ3) is 7.25. The van der Waals surface area contributed by atoms with Crippen LogP contribution in [0.4, 0.5) is 0 Å². The van der Waals surface area contributed by atoms with Crippen molar-refractivity contribution < 1.29 is 18.4 Å². The summed E-state index contributed by atoms with van der Waals surface area (Å²) in [7, 11) is 0. The van der Waals surface area contributed by atoms with Gasteiger partial charge in [0.25, 0.3) is 0 Å². The number of hydrogen-bond donors (Lipinski definition) is 0. The summed E-state index contributed by atoms with van der Waals surface area (Å²) in [5, 5.41) is 7.85. The van der Waals surface area contributed by atoms with E-state index in [1.165, 1.54) is 67.4 Å². The van der Waals surface area contributed by atoms with Gasteiger partial charge in [0.2, 0.25) is 0 Å². The molecule has 0 amide bonds. The Morgan fingerprint density at radius 1 is 0.515 bits per heavy atom. The lowest BCUT2D eigenvalue weighted by atomic mass is 9.70. The molecule has 6 saturated heterocycles. The number of pyridine rings is 2. The van der Waals surface area contributed by atoms with E-state index in [1.807, 2.05) is 24.5 Å². The van der Waals surface area contributed by atoms with Crippen LogP contribution >= 0.6 is 0 Å². The lowest BCUT2D eigenvalue weighted by Gasteiger charge is -2.59. The van der Waals surface area contributed by atoms with Crippen LogP contribution in [-0.4, -0.2) is 70.4 Å². The lowest BCUT2D eigenvalue weighted by Crippen LogP contribution is -2.68. The first-order chi connectivity index (χ1) is 32.5. The number of rotatable bonds is 16. The summed E-state index contributed by atoms with van der Waals surface area (Å²) in [6, 6.07) is 40.8. The molecule has 8 heterocycles. The predicted molar refractivity (Wildman–Crippen MR) is 271 cm³/mol. The molecule has 0 spiro atoms. The van der Waals surface area contributed by atoms with Crippen molar-refractivity contribution in [1.29, 1.82) is 0 Å². The van der Waals surface area contributed by atoms with E-state index in [4.69, 9.17) is 19.4 Å². The Hall–Kier alpha value is -5.76. The topological polar surface area (TPSA) is 44.2 Å². The van der Waals surface area contributed by atoms with E-state index in [2.05, 4.69) is 148 Å². The Bertz CT molecular complexity index is 2710. The summed E-state index contributed by atoms with van der Waals surface area (Å²) in [4.78, 5) is 9.58. The second-order valence-corrected chi connectivity index (χ2v) is 20.0. The molecule has 334 valence electrons. The maximum atomic E-state index is 7.03. The molecule has 6 nitrogen and oxygen atoms in total. The van der Waals surface area contributed by atoms with Crippen LogP contribution in [0.1, 0.15) is 60.1 Å². The van der Waals surface area contributed by atoms with Gasteiger partial charge in [-0.2, -0.15) is 0 Å². The number of ether oxygens (including phenoxy) is 2. The van der Waals surface area contributed by atoms with Crippen LogP contribution in [0, 0.1) is 23.7 Å². The van der Waals surface area contributed by atoms with Crippen molar-refractivity contribution in [3.05, 3.63) is 194 Å². The van der Waals surface area contributed by atoms with E-state index in [-0.39, 0.29) is 24.3 Å². The van der Waals surface area contributed by atoms with Crippen LogP contribution in [0.25, 0.3) is 43.4 Å². The van der Waals surface area contributed by atoms with Crippen molar-refractivity contribution in [2.45, 2.75) is 63.1 Å². The Morgan fingerprint density at radius 2 is 0.894 bits per heavy atom. The second kappa shape index (κ2) is 17.8. The Labute approximate surface area is 390 Å². The maximum Gasteiger partial charge on any atom is 0.135 e. The van der Waals surface area contributed by atoms with Crippen molar-refractivity contribution in [2.75, 3.05) is 39.4 Å². The van der Waals surface area contributed by atoms with Gasteiger partial charge >= 0.3 is 0 Å². The summed E-state index contributed by atoms with van der Waals surface area (Å²) < 4.78 is 16.0. The van der Waals surface area contributed by atoms with E-state index in [1.54, 1.807) is 0 Å². The fourth-order valence-electron chi connectivity index (χ4n) is 13.9. The average Bonchev–Trinajstić information content (AvgIpc) is 3.38. The van der Waals surface area contributed by atoms with Gasteiger partial charge in [0.05, 0.1) is 50.4 Å². The van der Waals surface area contributed by atoms with E-state index in [0.717, 1.165) is 72.1 Å². The van der Waals surface area contributed by atoms with E-state index in [9.17, 15) is 0 Å². The minimum atomic E-state index is -0.109. The number of benzene rings is 5. The minimum Gasteiger partial charge on any atom is -0.363 e. The molecular formula is C60H64N4O2+2. The Morgan fingerprint density at radius 3 is 1.27 bits per heavy atom. The molecular weight excluding hydrogens is 809 g/mol. The van der Waals surface area contributed by atoms with Crippen molar-refractivity contribution in [1.82, 2.24) is 9.97 Å². The zero-order valence-corrected chi connectivity index (χ0v) is 38.4. The van der Waals surface area contributed by atoms with E-state index < -0.39 is 0 Å². The summed E-state index contributed by atoms with van der Waals surface area (Å²) in [6.45, 7) is 24.3. The molecule has 0 aliphatic carbocycles. The first-order valence-corrected chi connectivity index (χ1v) is 24.5. The van der Waals surface area contributed by atoms with Crippen LogP contribution in [0.3, 0.4) is 0 Å². The molecule has 0 unspecified atom stereocenters. The Kier molecular flexibility index (Phi) is 11.6. The SMILES string of the molecule is C=CCO[C@@H](c1ccnc2ccccc12)[C@H]1C[C@@H]2CC[N@@+]1(Cc1c3ccccc3c(C[N@@+]34CC[C@@H](C[C@@H]3[C@@H](OCC=C)c3ccnc5ccccc35)[C@@H](C=C)C4)c3ccccc13)C[C@@H]2C=C. The highest BCUT2D eigenvalue weighted by atomic mass is 16.5. The third-order valence-electron chi connectivity index (χ3n) is 16.9. The molecule has 0 saturated carbocycles. The Balaban J connectivity index is 1.06. The van der Waals surface area contributed by atoms with Crippen LogP contribution in [0.5, 0.6) is 0 Å². The fourth-order valence-corrected chi connectivity index (χ4v) is 13.9. The van der Waals surface area contributed by atoms with E-state index >= 15 is 0 Å². The maximum absolute atomic E-state index is 7.03. The summed E-state index contributed by atoms with van der Waals surface area (Å²) in [6.07, 6.45) is 16.7. The van der Waals surface area contributed by atoms with Gasteiger partial charge in [-0.3, -0.25) is 9.97 Å². The quantitative estimate of drug-likeness (QED) is 0.0551. The van der Waals surface area contributed by atoms with Crippen molar-refractivity contribution in [3.8, 4) is 0 Å². The molecule has 4 bridgehead atoms. The number of para-hydroxylation sites is 2. The molecule has 13 rings (SSSR count). The number of hydrogen-bond acceptors (Lipinski definition) is 4. The van der Waals surface area contributed by atoms with Crippen molar-refractivity contribution in [3.63, 3.8) is 0 Å². The molecule has 6 aliphatic rings. The van der Waals surface area contributed by atoms with Gasteiger partial charge in [-0.15, -0.1) is 26.3 Å². The van der Waals surface area contributed by atoms with Crippen molar-refractivity contribution in [2.24, 2.45) is 23.7 Å². The molecule has 6 aliphatic heterocycles. The van der Waals surface area contributed by atoms with Crippen LogP contribution in [0.2, 0.25) is 0 Å². The molecule has 10 atom stereocenters. The minimum absolute atomic E-state index is 0.109. The molecule has 7 aromatic rings.